The third-order valence-corrected chi connectivity index (χ3v) is 3.94. The summed E-state index contributed by atoms with van der Waals surface area (Å²) in [5.74, 6) is 0. The van der Waals surface area contributed by atoms with E-state index in [2.05, 4.69) is 52.3 Å². The van der Waals surface area contributed by atoms with Crippen molar-refractivity contribution in [2.45, 2.75) is 84.1 Å². The van der Waals surface area contributed by atoms with Gasteiger partial charge >= 0.3 is 0 Å². The summed E-state index contributed by atoms with van der Waals surface area (Å²) in [6, 6.07) is 2.97. The van der Waals surface area contributed by atoms with Gasteiger partial charge in [-0.05, 0) is 18.9 Å². The molecule has 1 heterocycles. The molecule has 0 unspecified atom stereocenters. The van der Waals surface area contributed by atoms with Crippen LogP contribution in [-0.4, -0.2) is 9.78 Å². The molecule has 0 aliphatic heterocycles. The Hall–Kier alpha value is -0.790. The predicted octanol–water partition coefficient (Wildman–Crippen LogP) is 4.59. The molecule has 0 spiro atoms. The van der Waals surface area contributed by atoms with Gasteiger partial charge < -0.3 is 0 Å². The van der Waals surface area contributed by atoms with E-state index in [1.165, 1.54) is 37.1 Å². The molecule has 0 amide bonds. The highest BCUT2D eigenvalue weighted by atomic mass is 15.3. The van der Waals surface area contributed by atoms with Gasteiger partial charge in [-0.25, -0.2) is 0 Å². The van der Waals surface area contributed by atoms with Gasteiger partial charge in [0.05, 0.1) is 11.7 Å². The molecule has 18 heavy (non-hydrogen) atoms. The molecule has 0 N–H and O–H groups in total. The van der Waals surface area contributed by atoms with Crippen LogP contribution in [0.2, 0.25) is 0 Å². The van der Waals surface area contributed by atoms with Crippen molar-refractivity contribution in [1.82, 2.24) is 9.78 Å². The molecule has 1 saturated carbocycles. The zero-order chi connectivity index (χ0) is 13.6. The van der Waals surface area contributed by atoms with Crippen LogP contribution in [0.15, 0.2) is 6.07 Å². The fourth-order valence-electron chi connectivity index (χ4n) is 2.75. The molecule has 102 valence electrons. The van der Waals surface area contributed by atoms with Crippen molar-refractivity contribution in [1.29, 1.82) is 0 Å². The Labute approximate surface area is 112 Å². The predicted molar refractivity (Wildman–Crippen MR) is 77.1 cm³/mol. The number of nitrogens with zero attached hydrogens (tertiary/aromatic N) is 2. The minimum Gasteiger partial charge on any atom is -0.266 e. The second kappa shape index (κ2) is 4.40. The van der Waals surface area contributed by atoms with Gasteiger partial charge in [0.25, 0.3) is 0 Å². The Morgan fingerprint density at radius 2 is 1.56 bits per heavy atom. The van der Waals surface area contributed by atoms with Crippen LogP contribution >= 0.6 is 0 Å². The lowest BCUT2D eigenvalue weighted by atomic mass is 9.87. The van der Waals surface area contributed by atoms with Crippen molar-refractivity contribution >= 4 is 0 Å². The molecule has 0 radical (unpaired) electrons. The largest absolute Gasteiger partial charge is 0.266 e. The average molecular weight is 248 g/mol. The summed E-state index contributed by atoms with van der Waals surface area (Å²) in [7, 11) is 0. The monoisotopic (exact) mass is 248 g/mol. The summed E-state index contributed by atoms with van der Waals surface area (Å²) in [4.78, 5) is 0. The third-order valence-electron chi connectivity index (χ3n) is 3.94. The van der Waals surface area contributed by atoms with Crippen molar-refractivity contribution < 1.29 is 0 Å². The standard InChI is InChI=1S/C16H28N2/c1-15(2,3)13-11-14(16(4,5)6)18(17-13)12-9-7-8-10-12/h11-12H,7-10H2,1-6H3. The first-order valence-corrected chi connectivity index (χ1v) is 7.30. The molecule has 2 nitrogen and oxygen atoms in total. The van der Waals surface area contributed by atoms with Crippen molar-refractivity contribution in [3.8, 4) is 0 Å². The molecular formula is C16H28N2. The highest BCUT2D eigenvalue weighted by Crippen LogP contribution is 2.36. The van der Waals surface area contributed by atoms with Gasteiger partial charge in [-0.15, -0.1) is 0 Å². The van der Waals surface area contributed by atoms with Crippen molar-refractivity contribution in [2.24, 2.45) is 0 Å². The summed E-state index contributed by atoms with van der Waals surface area (Å²) >= 11 is 0. The molecular weight excluding hydrogens is 220 g/mol. The maximum absolute atomic E-state index is 4.95. The number of hydrogen-bond donors (Lipinski definition) is 0. The molecule has 1 aromatic heterocycles. The van der Waals surface area contributed by atoms with E-state index in [0.29, 0.717) is 6.04 Å². The van der Waals surface area contributed by atoms with E-state index in [0.717, 1.165) is 0 Å². The zero-order valence-electron chi connectivity index (χ0n) is 12.9. The van der Waals surface area contributed by atoms with E-state index in [9.17, 15) is 0 Å². The summed E-state index contributed by atoms with van der Waals surface area (Å²) < 4.78 is 2.34. The molecule has 1 fully saturated rings. The number of rotatable bonds is 1. The number of aromatic nitrogens is 2. The van der Waals surface area contributed by atoms with E-state index >= 15 is 0 Å². The summed E-state index contributed by atoms with van der Waals surface area (Å²) in [5.41, 5.74) is 2.96. The summed E-state index contributed by atoms with van der Waals surface area (Å²) in [6.45, 7) is 13.6. The first kappa shape index (κ1) is 13.6. The minimum absolute atomic E-state index is 0.143. The lowest BCUT2D eigenvalue weighted by molar-refractivity contribution is 0.402. The van der Waals surface area contributed by atoms with Crippen LogP contribution in [0, 0.1) is 0 Å². The van der Waals surface area contributed by atoms with Gasteiger partial charge in [-0.3, -0.25) is 4.68 Å². The van der Waals surface area contributed by atoms with Crippen LogP contribution in [0.5, 0.6) is 0 Å². The molecule has 1 aromatic rings. The van der Waals surface area contributed by atoms with Crippen LogP contribution in [0.4, 0.5) is 0 Å². The fourth-order valence-corrected chi connectivity index (χ4v) is 2.75. The van der Waals surface area contributed by atoms with E-state index in [-0.39, 0.29) is 10.8 Å². The van der Waals surface area contributed by atoms with Gasteiger partial charge in [0.2, 0.25) is 0 Å². The van der Waals surface area contributed by atoms with Crippen LogP contribution in [0.3, 0.4) is 0 Å². The summed E-state index contributed by atoms with van der Waals surface area (Å²) in [6.07, 6.45) is 5.32. The average Bonchev–Trinajstić information content (AvgIpc) is 2.84. The van der Waals surface area contributed by atoms with Crippen LogP contribution in [-0.2, 0) is 10.8 Å². The highest BCUT2D eigenvalue weighted by molar-refractivity contribution is 5.23. The fraction of sp³-hybridized carbons (Fsp3) is 0.812. The van der Waals surface area contributed by atoms with Crippen molar-refractivity contribution in [2.75, 3.05) is 0 Å². The Balaban J connectivity index is 2.45. The zero-order valence-corrected chi connectivity index (χ0v) is 12.9. The van der Waals surface area contributed by atoms with E-state index in [1.807, 2.05) is 0 Å². The van der Waals surface area contributed by atoms with Crippen LogP contribution in [0.25, 0.3) is 0 Å². The van der Waals surface area contributed by atoms with E-state index < -0.39 is 0 Å². The SMILES string of the molecule is CC(C)(C)c1cc(C(C)(C)C)n(C2CCCC2)n1. The quantitative estimate of drug-likeness (QED) is 0.710. The molecule has 0 aromatic carbocycles. The Bertz CT molecular complexity index is 409. The third kappa shape index (κ3) is 2.62. The van der Waals surface area contributed by atoms with Crippen LogP contribution in [0.1, 0.15) is 84.7 Å². The van der Waals surface area contributed by atoms with Gasteiger partial charge in [-0.1, -0.05) is 54.4 Å². The topological polar surface area (TPSA) is 17.8 Å². The molecule has 1 aliphatic rings. The number of hydrogen-bond acceptors (Lipinski definition) is 1. The smallest absolute Gasteiger partial charge is 0.0681 e. The van der Waals surface area contributed by atoms with Gasteiger partial charge in [0, 0.05) is 16.5 Å². The first-order chi connectivity index (χ1) is 8.19. The Kier molecular flexibility index (Phi) is 3.33. The van der Waals surface area contributed by atoms with E-state index in [4.69, 9.17) is 5.10 Å². The van der Waals surface area contributed by atoms with Gasteiger partial charge in [0.15, 0.2) is 0 Å². The van der Waals surface area contributed by atoms with Gasteiger partial charge in [0.1, 0.15) is 0 Å². The Morgan fingerprint density at radius 3 is 2.00 bits per heavy atom. The van der Waals surface area contributed by atoms with Crippen molar-refractivity contribution in [3.63, 3.8) is 0 Å². The lowest BCUT2D eigenvalue weighted by Gasteiger charge is -2.23. The second-order valence-electron chi connectivity index (χ2n) is 7.80. The molecule has 0 atom stereocenters. The maximum atomic E-state index is 4.95. The second-order valence-corrected chi connectivity index (χ2v) is 7.80. The van der Waals surface area contributed by atoms with Crippen molar-refractivity contribution in [3.05, 3.63) is 17.5 Å². The van der Waals surface area contributed by atoms with Crippen LogP contribution < -0.4 is 0 Å². The first-order valence-electron chi connectivity index (χ1n) is 7.30. The van der Waals surface area contributed by atoms with E-state index in [1.54, 1.807) is 0 Å². The Morgan fingerprint density at radius 1 is 1.00 bits per heavy atom. The maximum Gasteiger partial charge on any atom is 0.0681 e. The molecule has 2 heteroatoms. The lowest BCUT2D eigenvalue weighted by Crippen LogP contribution is -2.21. The minimum atomic E-state index is 0.143. The molecule has 0 saturated heterocycles. The summed E-state index contributed by atoms with van der Waals surface area (Å²) in [5, 5.41) is 4.95. The molecule has 0 bridgehead atoms. The normalized spacial score (nSPS) is 18.6. The highest BCUT2D eigenvalue weighted by Gasteiger charge is 2.29. The molecule has 1 aliphatic carbocycles. The molecule has 2 rings (SSSR count). The van der Waals surface area contributed by atoms with Gasteiger partial charge in [-0.2, -0.15) is 5.10 Å².